The van der Waals surface area contributed by atoms with Crippen molar-refractivity contribution in [1.29, 1.82) is 0 Å². The summed E-state index contributed by atoms with van der Waals surface area (Å²) in [5.41, 5.74) is 6.26. The first-order valence-electron chi connectivity index (χ1n) is 9.15. The minimum atomic E-state index is -0.959. The van der Waals surface area contributed by atoms with E-state index in [2.05, 4.69) is 16.0 Å². The van der Waals surface area contributed by atoms with Gasteiger partial charge in [-0.2, -0.15) is 0 Å². The van der Waals surface area contributed by atoms with Crippen LogP contribution in [0.5, 0.6) is 0 Å². The molecule has 2 fully saturated rings. The topological polar surface area (TPSA) is 130 Å². The third-order valence-corrected chi connectivity index (χ3v) is 4.88. The van der Waals surface area contributed by atoms with Gasteiger partial charge in [0.15, 0.2) is 0 Å². The zero-order chi connectivity index (χ0) is 19.4. The number of piperazine rings is 1. The highest BCUT2D eigenvalue weighted by Crippen LogP contribution is 2.33. The summed E-state index contributed by atoms with van der Waals surface area (Å²) in [5.74, 6) is -1.40. The van der Waals surface area contributed by atoms with E-state index in [1.807, 2.05) is 30.3 Å². The summed E-state index contributed by atoms with van der Waals surface area (Å²) >= 11 is 0. The summed E-state index contributed by atoms with van der Waals surface area (Å²) in [5, 5.41) is 7.84. The largest absolute Gasteiger partial charge is 0.368 e. The fourth-order valence-corrected chi connectivity index (χ4v) is 3.18. The van der Waals surface area contributed by atoms with Crippen molar-refractivity contribution in [2.75, 3.05) is 0 Å². The molecule has 1 aliphatic heterocycles. The highest BCUT2D eigenvalue weighted by Gasteiger charge is 2.36. The van der Waals surface area contributed by atoms with E-state index in [-0.39, 0.29) is 12.3 Å². The Morgan fingerprint density at radius 3 is 2.33 bits per heavy atom. The predicted molar refractivity (Wildman–Crippen MR) is 97.1 cm³/mol. The number of hydrogen-bond acceptors (Lipinski definition) is 4. The van der Waals surface area contributed by atoms with Crippen molar-refractivity contribution >= 4 is 23.6 Å². The van der Waals surface area contributed by atoms with E-state index >= 15 is 0 Å². The van der Waals surface area contributed by atoms with E-state index in [1.54, 1.807) is 0 Å². The number of carbonyl (C=O) groups excluding carboxylic acids is 4. The molecule has 0 aromatic heterocycles. The Morgan fingerprint density at radius 2 is 1.70 bits per heavy atom. The number of amides is 4. The van der Waals surface area contributed by atoms with E-state index in [4.69, 9.17) is 5.73 Å². The minimum Gasteiger partial charge on any atom is -0.368 e. The van der Waals surface area contributed by atoms with Crippen LogP contribution in [-0.2, 0) is 25.6 Å². The van der Waals surface area contributed by atoms with Crippen LogP contribution < -0.4 is 21.7 Å². The molecule has 1 saturated carbocycles. The molecule has 1 heterocycles. The van der Waals surface area contributed by atoms with Crippen LogP contribution in [0.15, 0.2) is 30.3 Å². The first-order chi connectivity index (χ1) is 12.9. The fraction of sp³-hybridized carbons (Fsp3) is 0.474. The Morgan fingerprint density at radius 1 is 1.07 bits per heavy atom. The lowest BCUT2D eigenvalue weighted by atomic mass is 10.0. The minimum absolute atomic E-state index is 0.232. The van der Waals surface area contributed by atoms with Crippen LogP contribution in [0.1, 0.15) is 31.2 Å². The predicted octanol–water partition coefficient (Wildman–Crippen LogP) is -0.627. The summed E-state index contributed by atoms with van der Waals surface area (Å²) in [7, 11) is 0. The quantitative estimate of drug-likeness (QED) is 0.484. The summed E-state index contributed by atoms with van der Waals surface area (Å²) in [4.78, 5) is 48.3. The average molecular weight is 372 g/mol. The van der Waals surface area contributed by atoms with Gasteiger partial charge in [0.2, 0.25) is 23.6 Å². The molecular formula is C19H24N4O4. The summed E-state index contributed by atoms with van der Waals surface area (Å²) < 4.78 is 0. The van der Waals surface area contributed by atoms with E-state index in [0.717, 1.165) is 18.4 Å². The van der Waals surface area contributed by atoms with Crippen LogP contribution in [0, 0.1) is 5.92 Å². The second kappa shape index (κ2) is 8.20. The van der Waals surface area contributed by atoms with Gasteiger partial charge >= 0.3 is 0 Å². The first kappa shape index (κ1) is 18.9. The maximum Gasteiger partial charge on any atom is 0.243 e. The van der Waals surface area contributed by atoms with Gasteiger partial charge in [-0.05, 0) is 17.9 Å². The number of primary amides is 1. The van der Waals surface area contributed by atoms with Gasteiger partial charge < -0.3 is 21.7 Å². The maximum atomic E-state index is 12.3. The van der Waals surface area contributed by atoms with E-state index in [0.29, 0.717) is 18.8 Å². The van der Waals surface area contributed by atoms with E-state index in [1.165, 1.54) is 0 Å². The van der Waals surface area contributed by atoms with Crippen LogP contribution in [0.3, 0.4) is 0 Å². The zero-order valence-corrected chi connectivity index (χ0v) is 14.9. The highest BCUT2D eigenvalue weighted by atomic mass is 16.2. The summed E-state index contributed by atoms with van der Waals surface area (Å²) in [6.07, 6.45) is 2.73. The van der Waals surface area contributed by atoms with E-state index < -0.39 is 35.8 Å². The van der Waals surface area contributed by atoms with Crippen molar-refractivity contribution in [2.24, 2.45) is 11.7 Å². The monoisotopic (exact) mass is 372 g/mol. The van der Waals surface area contributed by atoms with Crippen LogP contribution in [0.4, 0.5) is 0 Å². The molecule has 3 atom stereocenters. The molecule has 1 aromatic rings. The van der Waals surface area contributed by atoms with Crippen molar-refractivity contribution in [3.8, 4) is 0 Å². The Bertz CT molecular complexity index is 732. The van der Waals surface area contributed by atoms with Crippen molar-refractivity contribution in [2.45, 2.75) is 50.2 Å². The fourth-order valence-electron chi connectivity index (χ4n) is 3.18. The second-order valence-electron chi connectivity index (χ2n) is 7.22. The normalized spacial score (nSPS) is 23.1. The molecule has 1 saturated heterocycles. The van der Waals surface area contributed by atoms with Crippen molar-refractivity contribution < 1.29 is 19.2 Å². The lowest BCUT2D eigenvalue weighted by Crippen LogP contribution is -2.63. The second-order valence-corrected chi connectivity index (χ2v) is 7.22. The van der Waals surface area contributed by atoms with Gasteiger partial charge in [-0.15, -0.1) is 0 Å². The van der Waals surface area contributed by atoms with E-state index in [9.17, 15) is 19.2 Å². The molecule has 0 unspecified atom stereocenters. The standard InChI is InChI=1S/C19H24N4O4/c20-17(25)13(8-12-6-7-12)21-16(24)10-15-19(27)22-14(18(26)23-15)9-11-4-2-1-3-5-11/h1-5,12-15H,6-10H2,(H2,20,25)(H,21,24)(H,22,27)(H,23,26)/t13-,14+,15+/m1/s1. The molecule has 1 aliphatic carbocycles. The molecule has 8 nitrogen and oxygen atoms in total. The Labute approximate surface area is 157 Å². The Balaban J connectivity index is 1.52. The van der Waals surface area contributed by atoms with Gasteiger partial charge in [0.25, 0.3) is 0 Å². The third-order valence-electron chi connectivity index (χ3n) is 4.88. The summed E-state index contributed by atoms with van der Waals surface area (Å²) in [6, 6.07) is 6.99. The van der Waals surface area contributed by atoms with Gasteiger partial charge in [-0.3, -0.25) is 19.2 Å². The Hall–Kier alpha value is -2.90. The number of hydrogen-bond donors (Lipinski definition) is 4. The molecule has 2 aliphatic rings. The van der Waals surface area contributed by atoms with Crippen LogP contribution in [0.2, 0.25) is 0 Å². The van der Waals surface area contributed by atoms with Gasteiger partial charge in [-0.1, -0.05) is 43.2 Å². The van der Waals surface area contributed by atoms with Crippen LogP contribution in [0.25, 0.3) is 0 Å². The molecule has 0 spiro atoms. The molecule has 144 valence electrons. The SMILES string of the molecule is NC(=O)[C@@H](CC1CC1)NC(=O)C[C@@H]1NC(=O)[C@H](Cc2ccccc2)NC1=O. The molecule has 3 rings (SSSR count). The molecule has 0 radical (unpaired) electrons. The molecule has 27 heavy (non-hydrogen) atoms. The van der Waals surface area contributed by atoms with Crippen molar-refractivity contribution in [3.63, 3.8) is 0 Å². The molecule has 8 heteroatoms. The molecule has 0 bridgehead atoms. The van der Waals surface area contributed by atoms with Gasteiger partial charge in [0.05, 0.1) is 6.42 Å². The number of benzene rings is 1. The van der Waals surface area contributed by atoms with Gasteiger partial charge in [0, 0.05) is 6.42 Å². The lowest BCUT2D eigenvalue weighted by molar-refractivity contribution is -0.138. The number of nitrogens with two attached hydrogens (primary N) is 1. The zero-order valence-electron chi connectivity index (χ0n) is 14.9. The average Bonchev–Trinajstić information content (AvgIpc) is 3.43. The lowest BCUT2D eigenvalue weighted by Gasteiger charge is -2.29. The van der Waals surface area contributed by atoms with Crippen molar-refractivity contribution in [3.05, 3.63) is 35.9 Å². The maximum absolute atomic E-state index is 12.3. The molecule has 4 amide bonds. The first-order valence-corrected chi connectivity index (χ1v) is 9.15. The number of carbonyl (C=O) groups is 4. The molecular weight excluding hydrogens is 348 g/mol. The molecule has 1 aromatic carbocycles. The third kappa shape index (κ3) is 5.29. The van der Waals surface area contributed by atoms with Crippen molar-refractivity contribution in [1.82, 2.24) is 16.0 Å². The van der Waals surface area contributed by atoms with Gasteiger partial charge in [-0.25, -0.2) is 0 Å². The Kier molecular flexibility index (Phi) is 5.73. The summed E-state index contributed by atoms with van der Waals surface area (Å²) in [6.45, 7) is 0. The van der Waals surface area contributed by atoms with Crippen LogP contribution in [-0.4, -0.2) is 41.8 Å². The smallest absolute Gasteiger partial charge is 0.243 e. The number of rotatable bonds is 8. The highest BCUT2D eigenvalue weighted by molar-refractivity contribution is 5.99. The number of nitrogens with one attached hydrogen (secondary N) is 3. The molecule has 5 N–H and O–H groups in total. The van der Waals surface area contributed by atoms with Crippen LogP contribution >= 0.6 is 0 Å². The van der Waals surface area contributed by atoms with Gasteiger partial charge in [0.1, 0.15) is 18.1 Å².